The molecule has 0 heterocycles. The molecule has 0 aromatic heterocycles. The summed E-state index contributed by atoms with van der Waals surface area (Å²) >= 11 is 12.1. The average Bonchev–Trinajstić information content (AvgIpc) is 2.44. The third-order valence-electron chi connectivity index (χ3n) is 3.15. The van der Waals surface area contributed by atoms with Crippen LogP contribution in [0.1, 0.15) is 32.3 Å². The molecule has 0 unspecified atom stereocenters. The summed E-state index contributed by atoms with van der Waals surface area (Å²) in [6.45, 7) is 4.57. The van der Waals surface area contributed by atoms with E-state index in [0.29, 0.717) is 22.3 Å². The number of ether oxygens (including phenoxy) is 1. The van der Waals surface area contributed by atoms with Crippen LogP contribution < -0.4 is 15.4 Å². The third-order valence-corrected chi connectivity index (χ3v) is 3.65. The zero-order valence-electron chi connectivity index (χ0n) is 12.6. The Hall–Kier alpha value is -0.970. The van der Waals surface area contributed by atoms with E-state index in [0.717, 1.165) is 18.4 Å². The highest BCUT2D eigenvalue weighted by Crippen LogP contribution is 2.32. The van der Waals surface area contributed by atoms with Crippen molar-refractivity contribution < 1.29 is 9.53 Å². The first kappa shape index (κ1) is 18.1. The van der Waals surface area contributed by atoms with Crippen molar-refractivity contribution in [3.8, 4) is 5.75 Å². The summed E-state index contributed by atoms with van der Waals surface area (Å²) in [6.07, 6.45) is 1.80. The van der Waals surface area contributed by atoms with E-state index in [1.54, 1.807) is 12.1 Å². The first-order valence-corrected chi connectivity index (χ1v) is 7.82. The number of nitrogens with one attached hydrogen (secondary N) is 2. The molecule has 0 fully saturated rings. The van der Waals surface area contributed by atoms with Crippen LogP contribution in [0.5, 0.6) is 5.75 Å². The summed E-state index contributed by atoms with van der Waals surface area (Å²) in [4.78, 5) is 11.9. The molecule has 0 spiro atoms. The van der Waals surface area contributed by atoms with Gasteiger partial charge in [-0.2, -0.15) is 0 Å². The normalized spacial score (nSPS) is 10.8. The minimum Gasteiger partial charge on any atom is -0.482 e. The molecular formula is C15H22Cl2N2O2. The van der Waals surface area contributed by atoms with Crippen molar-refractivity contribution in [3.63, 3.8) is 0 Å². The predicted molar refractivity (Wildman–Crippen MR) is 87.2 cm³/mol. The van der Waals surface area contributed by atoms with Crippen LogP contribution in [0.4, 0.5) is 0 Å². The van der Waals surface area contributed by atoms with Gasteiger partial charge in [-0.1, -0.05) is 37.0 Å². The van der Waals surface area contributed by atoms with Crippen molar-refractivity contribution in [2.75, 3.05) is 13.7 Å². The monoisotopic (exact) mass is 332 g/mol. The lowest BCUT2D eigenvalue weighted by Crippen LogP contribution is -2.37. The van der Waals surface area contributed by atoms with Crippen LogP contribution in [0.25, 0.3) is 0 Å². The number of rotatable bonds is 8. The Morgan fingerprint density at radius 2 is 1.95 bits per heavy atom. The zero-order valence-corrected chi connectivity index (χ0v) is 14.1. The van der Waals surface area contributed by atoms with Gasteiger partial charge in [-0.25, -0.2) is 0 Å². The number of halogens is 2. The molecule has 0 aliphatic carbocycles. The smallest absolute Gasteiger partial charge is 0.258 e. The van der Waals surface area contributed by atoms with Gasteiger partial charge in [-0.05, 0) is 32.0 Å². The average molecular weight is 333 g/mol. The maximum atomic E-state index is 11.9. The quantitative estimate of drug-likeness (QED) is 0.767. The van der Waals surface area contributed by atoms with Crippen LogP contribution in [-0.4, -0.2) is 25.6 Å². The third kappa shape index (κ3) is 5.73. The molecule has 1 amide bonds. The molecule has 6 heteroatoms. The summed E-state index contributed by atoms with van der Waals surface area (Å²) in [6, 6.07) is 3.56. The van der Waals surface area contributed by atoms with Crippen LogP contribution in [-0.2, 0) is 11.3 Å². The predicted octanol–water partition coefficient (Wildman–Crippen LogP) is 3.40. The van der Waals surface area contributed by atoms with Gasteiger partial charge >= 0.3 is 0 Å². The van der Waals surface area contributed by atoms with E-state index in [2.05, 4.69) is 10.6 Å². The van der Waals surface area contributed by atoms with Crippen molar-refractivity contribution in [1.82, 2.24) is 10.6 Å². The maximum Gasteiger partial charge on any atom is 0.258 e. The van der Waals surface area contributed by atoms with E-state index in [1.165, 1.54) is 0 Å². The Morgan fingerprint density at radius 1 is 1.29 bits per heavy atom. The standard InChI is InChI=1S/C15H22Cl2N2O2/c1-4-12(5-2)19-14(20)9-21-15-10(8-18-3)6-11(16)7-13(15)17/h6-7,12,18H,4-5,8-9H2,1-3H3,(H,19,20). The number of benzene rings is 1. The van der Waals surface area contributed by atoms with Crippen molar-refractivity contribution in [1.29, 1.82) is 0 Å². The molecule has 4 nitrogen and oxygen atoms in total. The fraction of sp³-hybridized carbons (Fsp3) is 0.533. The van der Waals surface area contributed by atoms with Gasteiger partial charge in [-0.15, -0.1) is 0 Å². The van der Waals surface area contributed by atoms with E-state index in [-0.39, 0.29) is 18.6 Å². The Morgan fingerprint density at radius 3 is 2.52 bits per heavy atom. The summed E-state index contributed by atoms with van der Waals surface area (Å²) in [5, 5.41) is 6.89. The van der Waals surface area contributed by atoms with Gasteiger partial charge < -0.3 is 15.4 Å². The van der Waals surface area contributed by atoms with Crippen LogP contribution in [0.2, 0.25) is 10.0 Å². The Bertz CT molecular complexity index is 477. The van der Waals surface area contributed by atoms with Crippen LogP contribution in [0.15, 0.2) is 12.1 Å². The Labute approximate surface area is 136 Å². The molecule has 118 valence electrons. The summed E-state index contributed by atoms with van der Waals surface area (Å²) in [5.74, 6) is 0.347. The van der Waals surface area contributed by atoms with E-state index in [9.17, 15) is 4.79 Å². The maximum absolute atomic E-state index is 11.9. The molecule has 0 aliphatic rings. The molecule has 0 saturated carbocycles. The van der Waals surface area contributed by atoms with Gasteiger partial charge in [0.2, 0.25) is 0 Å². The summed E-state index contributed by atoms with van der Waals surface area (Å²) in [5.41, 5.74) is 0.824. The second-order valence-corrected chi connectivity index (χ2v) is 5.62. The molecule has 0 aliphatic heterocycles. The van der Waals surface area contributed by atoms with E-state index in [4.69, 9.17) is 27.9 Å². The second kappa shape index (κ2) is 9.13. The van der Waals surface area contributed by atoms with Gasteiger partial charge in [0, 0.05) is 23.2 Å². The molecule has 1 aromatic rings. The highest BCUT2D eigenvalue weighted by atomic mass is 35.5. The molecular weight excluding hydrogens is 311 g/mol. The number of carbonyl (C=O) groups excluding carboxylic acids is 1. The molecule has 1 aromatic carbocycles. The van der Waals surface area contributed by atoms with E-state index in [1.807, 2.05) is 20.9 Å². The SMILES string of the molecule is CCC(CC)NC(=O)COc1c(Cl)cc(Cl)cc1CNC. The first-order valence-electron chi connectivity index (χ1n) is 7.06. The zero-order chi connectivity index (χ0) is 15.8. The number of carbonyl (C=O) groups is 1. The Balaban J connectivity index is 2.72. The number of amides is 1. The van der Waals surface area contributed by atoms with Crippen LogP contribution in [0.3, 0.4) is 0 Å². The molecule has 0 saturated heterocycles. The molecule has 0 bridgehead atoms. The topological polar surface area (TPSA) is 50.4 Å². The van der Waals surface area contributed by atoms with Gasteiger partial charge in [-0.3, -0.25) is 4.79 Å². The minimum atomic E-state index is -0.148. The molecule has 21 heavy (non-hydrogen) atoms. The van der Waals surface area contributed by atoms with Crippen molar-refractivity contribution in [2.45, 2.75) is 39.3 Å². The van der Waals surface area contributed by atoms with E-state index < -0.39 is 0 Å². The second-order valence-electron chi connectivity index (χ2n) is 4.78. The van der Waals surface area contributed by atoms with Gasteiger partial charge in [0.05, 0.1) is 5.02 Å². The fourth-order valence-corrected chi connectivity index (χ4v) is 2.59. The van der Waals surface area contributed by atoms with E-state index >= 15 is 0 Å². The van der Waals surface area contributed by atoms with Crippen LogP contribution in [0, 0.1) is 0 Å². The number of hydrogen-bond donors (Lipinski definition) is 2. The highest BCUT2D eigenvalue weighted by Gasteiger charge is 2.13. The van der Waals surface area contributed by atoms with Crippen molar-refractivity contribution >= 4 is 29.1 Å². The Kier molecular flexibility index (Phi) is 7.86. The minimum absolute atomic E-state index is 0.0609. The fourth-order valence-electron chi connectivity index (χ4n) is 2.00. The lowest BCUT2D eigenvalue weighted by atomic mass is 10.2. The lowest BCUT2D eigenvalue weighted by molar-refractivity contribution is -0.123. The van der Waals surface area contributed by atoms with Gasteiger partial charge in [0.15, 0.2) is 6.61 Å². The molecule has 2 N–H and O–H groups in total. The molecule has 1 rings (SSSR count). The summed E-state index contributed by atoms with van der Waals surface area (Å²) < 4.78 is 5.58. The van der Waals surface area contributed by atoms with Crippen molar-refractivity contribution in [3.05, 3.63) is 27.7 Å². The van der Waals surface area contributed by atoms with Crippen molar-refractivity contribution in [2.24, 2.45) is 0 Å². The lowest BCUT2D eigenvalue weighted by Gasteiger charge is -2.17. The largest absolute Gasteiger partial charge is 0.482 e. The van der Waals surface area contributed by atoms with Gasteiger partial charge in [0.25, 0.3) is 5.91 Å². The van der Waals surface area contributed by atoms with Gasteiger partial charge in [0.1, 0.15) is 5.75 Å². The molecule has 0 radical (unpaired) electrons. The van der Waals surface area contributed by atoms with Crippen LogP contribution >= 0.6 is 23.2 Å². The highest BCUT2D eigenvalue weighted by molar-refractivity contribution is 6.35. The first-order chi connectivity index (χ1) is 10.0. The number of hydrogen-bond acceptors (Lipinski definition) is 3. The summed E-state index contributed by atoms with van der Waals surface area (Å²) in [7, 11) is 1.82. The molecule has 0 atom stereocenters.